The molecule has 5 heteroatoms. The summed E-state index contributed by atoms with van der Waals surface area (Å²) in [6.45, 7) is 1.35. The summed E-state index contributed by atoms with van der Waals surface area (Å²) >= 11 is 3.46. The van der Waals surface area contributed by atoms with Crippen LogP contribution in [-0.4, -0.2) is 24.1 Å². The van der Waals surface area contributed by atoms with Gasteiger partial charge in [-0.05, 0) is 47.9 Å². The van der Waals surface area contributed by atoms with Crippen LogP contribution in [-0.2, 0) is 13.0 Å². The van der Waals surface area contributed by atoms with E-state index in [0.29, 0.717) is 13.1 Å². The average Bonchev–Trinajstić information content (AvgIpc) is 2.91. The number of rotatable bonds is 3. The van der Waals surface area contributed by atoms with Crippen molar-refractivity contribution >= 4 is 32.7 Å². The number of methoxy groups -OCH3 is 1. The van der Waals surface area contributed by atoms with Gasteiger partial charge in [0.25, 0.3) is 5.91 Å². The molecule has 0 saturated carbocycles. The van der Waals surface area contributed by atoms with E-state index in [1.165, 1.54) is 0 Å². The minimum absolute atomic E-state index is 0.00327. The van der Waals surface area contributed by atoms with Crippen molar-refractivity contribution in [3.8, 4) is 5.75 Å². The summed E-state index contributed by atoms with van der Waals surface area (Å²) in [7, 11) is 1.67. The summed E-state index contributed by atoms with van der Waals surface area (Å²) in [5.74, 6) is 0.820. The summed E-state index contributed by atoms with van der Waals surface area (Å²) in [6.07, 6.45) is 0.845. The van der Waals surface area contributed by atoms with Gasteiger partial charge in [-0.15, -0.1) is 0 Å². The Morgan fingerprint density at radius 3 is 2.75 bits per heavy atom. The smallest absolute Gasteiger partial charge is 0.268 e. The first-order chi connectivity index (χ1) is 11.7. The third-order valence-electron chi connectivity index (χ3n) is 4.50. The number of ether oxygens (including phenoxy) is 1. The number of benzene rings is 2. The Morgan fingerprint density at radius 2 is 2.00 bits per heavy atom. The van der Waals surface area contributed by atoms with Crippen molar-refractivity contribution in [1.82, 2.24) is 9.88 Å². The third-order valence-corrected chi connectivity index (χ3v) is 5.03. The Morgan fingerprint density at radius 1 is 1.21 bits per heavy atom. The van der Waals surface area contributed by atoms with Crippen LogP contribution in [0.5, 0.6) is 5.75 Å². The number of carbonyl (C=O) groups is 1. The number of hydrogen-bond donors (Lipinski definition) is 1. The molecule has 3 aromatic rings. The van der Waals surface area contributed by atoms with Gasteiger partial charge in [0.2, 0.25) is 0 Å². The normalized spacial score (nSPS) is 13.7. The van der Waals surface area contributed by atoms with E-state index in [2.05, 4.69) is 37.9 Å². The van der Waals surface area contributed by atoms with Crippen LogP contribution in [0, 0.1) is 0 Å². The van der Waals surface area contributed by atoms with Gasteiger partial charge < -0.3 is 14.6 Å². The van der Waals surface area contributed by atoms with Gasteiger partial charge in [-0.2, -0.15) is 0 Å². The van der Waals surface area contributed by atoms with E-state index in [9.17, 15) is 4.79 Å². The molecule has 0 fully saturated rings. The Kier molecular flexibility index (Phi) is 3.81. The van der Waals surface area contributed by atoms with Gasteiger partial charge >= 0.3 is 0 Å². The topological polar surface area (TPSA) is 43.3 Å². The minimum Gasteiger partial charge on any atom is -0.497 e. The molecule has 1 aliphatic heterocycles. The molecule has 4 rings (SSSR count). The van der Waals surface area contributed by atoms with Crippen molar-refractivity contribution in [3.05, 3.63) is 63.8 Å². The summed E-state index contributed by atoms with van der Waals surface area (Å²) in [5.41, 5.74) is 4.12. The maximum atomic E-state index is 12.5. The van der Waals surface area contributed by atoms with E-state index in [-0.39, 0.29) is 5.91 Å². The molecule has 1 aliphatic rings. The largest absolute Gasteiger partial charge is 0.497 e. The predicted molar refractivity (Wildman–Crippen MR) is 97.8 cm³/mol. The van der Waals surface area contributed by atoms with Gasteiger partial charge in [-0.3, -0.25) is 4.79 Å². The van der Waals surface area contributed by atoms with Crippen molar-refractivity contribution in [2.75, 3.05) is 13.7 Å². The molecule has 0 unspecified atom stereocenters. The van der Waals surface area contributed by atoms with Crippen molar-refractivity contribution in [3.63, 3.8) is 0 Å². The van der Waals surface area contributed by atoms with E-state index in [4.69, 9.17) is 4.74 Å². The van der Waals surface area contributed by atoms with Crippen LogP contribution in [0.1, 0.15) is 21.6 Å². The van der Waals surface area contributed by atoms with Crippen LogP contribution in [0.15, 0.2) is 46.9 Å². The van der Waals surface area contributed by atoms with E-state index in [1.807, 2.05) is 30.3 Å². The number of nitrogens with zero attached hydrogens (tertiary/aromatic N) is 1. The van der Waals surface area contributed by atoms with Crippen LogP contribution in [0.3, 0.4) is 0 Å². The second-order valence-corrected chi connectivity index (χ2v) is 6.84. The maximum absolute atomic E-state index is 12.5. The minimum atomic E-state index is 0.00327. The Bertz CT molecular complexity index is 929. The second kappa shape index (κ2) is 5.98. The maximum Gasteiger partial charge on any atom is 0.268 e. The highest BCUT2D eigenvalue weighted by Gasteiger charge is 2.26. The van der Waals surface area contributed by atoms with Crippen molar-refractivity contribution in [2.45, 2.75) is 13.0 Å². The molecule has 0 aliphatic carbocycles. The predicted octanol–water partition coefficient (Wildman–Crippen LogP) is 3.75. The quantitative estimate of drug-likeness (QED) is 0.747. The third kappa shape index (κ3) is 2.49. The fourth-order valence-corrected chi connectivity index (χ4v) is 3.63. The van der Waals surface area contributed by atoms with Gasteiger partial charge in [0, 0.05) is 28.5 Å². The molecule has 4 nitrogen and oxygen atoms in total. The summed E-state index contributed by atoms with van der Waals surface area (Å²) < 4.78 is 8.53. The van der Waals surface area contributed by atoms with Crippen LogP contribution in [0.4, 0.5) is 0 Å². The molecule has 1 amide bonds. The number of halogens is 1. The fourth-order valence-electron chi connectivity index (χ4n) is 3.36. The monoisotopic (exact) mass is 384 g/mol. The van der Waals surface area contributed by atoms with Crippen molar-refractivity contribution < 1.29 is 9.53 Å². The molecule has 2 aromatic carbocycles. The van der Waals surface area contributed by atoms with Crippen molar-refractivity contribution in [2.24, 2.45) is 0 Å². The van der Waals surface area contributed by atoms with Gasteiger partial charge in [-0.25, -0.2) is 0 Å². The first kappa shape index (κ1) is 15.3. The van der Waals surface area contributed by atoms with Crippen LogP contribution >= 0.6 is 15.9 Å². The van der Waals surface area contributed by atoms with Crippen LogP contribution in [0.25, 0.3) is 10.9 Å². The molecule has 0 saturated heterocycles. The number of nitrogens with one attached hydrogen (secondary N) is 1. The number of carbonyl (C=O) groups excluding carboxylic acids is 1. The molecule has 2 heterocycles. The zero-order valence-corrected chi connectivity index (χ0v) is 14.9. The molecule has 0 atom stereocenters. The van der Waals surface area contributed by atoms with E-state index >= 15 is 0 Å². The van der Waals surface area contributed by atoms with Gasteiger partial charge in [0.05, 0.1) is 7.11 Å². The van der Waals surface area contributed by atoms with E-state index in [0.717, 1.165) is 44.4 Å². The summed E-state index contributed by atoms with van der Waals surface area (Å²) in [6, 6.07) is 14.2. The molecular weight excluding hydrogens is 368 g/mol. The molecule has 1 N–H and O–H groups in total. The molecule has 0 spiro atoms. The zero-order chi connectivity index (χ0) is 16.7. The Labute approximate surface area is 148 Å². The lowest BCUT2D eigenvalue weighted by molar-refractivity contribution is 0.0937. The Hall–Kier alpha value is -2.27. The van der Waals surface area contributed by atoms with Gasteiger partial charge in [0.15, 0.2) is 0 Å². The Balaban J connectivity index is 1.91. The summed E-state index contributed by atoms with van der Waals surface area (Å²) in [4.78, 5) is 12.5. The molecule has 1 aromatic heterocycles. The average molecular weight is 385 g/mol. The first-order valence-electron chi connectivity index (χ1n) is 7.89. The zero-order valence-electron chi connectivity index (χ0n) is 13.3. The SMILES string of the molecule is COc1ccc2c(c1)c1c(n2Cc2ccc(Br)cc2)C(=O)NCC1. The summed E-state index contributed by atoms with van der Waals surface area (Å²) in [5, 5.41) is 4.07. The highest BCUT2D eigenvalue weighted by atomic mass is 79.9. The van der Waals surface area contributed by atoms with Crippen molar-refractivity contribution in [1.29, 1.82) is 0 Å². The number of aromatic nitrogens is 1. The van der Waals surface area contributed by atoms with Crippen LogP contribution < -0.4 is 10.1 Å². The molecule has 0 bridgehead atoms. The standard InChI is InChI=1S/C19H17BrN2O2/c1-24-14-6-7-17-16(10-14)15-8-9-21-19(23)18(15)22(17)11-12-2-4-13(20)5-3-12/h2-7,10H,8-9,11H2,1H3,(H,21,23). The van der Waals surface area contributed by atoms with Gasteiger partial charge in [-0.1, -0.05) is 28.1 Å². The lowest BCUT2D eigenvalue weighted by Gasteiger charge is -2.16. The van der Waals surface area contributed by atoms with E-state index < -0.39 is 0 Å². The molecular formula is C19H17BrN2O2. The number of amides is 1. The number of hydrogen-bond acceptors (Lipinski definition) is 2. The molecule has 0 radical (unpaired) electrons. The highest BCUT2D eigenvalue weighted by Crippen LogP contribution is 2.32. The lowest BCUT2D eigenvalue weighted by Crippen LogP contribution is -2.33. The molecule has 24 heavy (non-hydrogen) atoms. The first-order valence-corrected chi connectivity index (χ1v) is 8.68. The van der Waals surface area contributed by atoms with Gasteiger partial charge in [0.1, 0.15) is 11.4 Å². The van der Waals surface area contributed by atoms with Crippen LogP contribution in [0.2, 0.25) is 0 Å². The second-order valence-electron chi connectivity index (χ2n) is 5.93. The van der Waals surface area contributed by atoms with E-state index in [1.54, 1.807) is 7.11 Å². The lowest BCUT2D eigenvalue weighted by atomic mass is 10.0. The number of fused-ring (bicyclic) bond motifs is 3. The molecule has 122 valence electrons. The highest BCUT2D eigenvalue weighted by molar-refractivity contribution is 9.10. The fraction of sp³-hybridized carbons (Fsp3) is 0.211.